The molecule has 0 unspecified atom stereocenters. The Morgan fingerprint density at radius 1 is 1.50 bits per heavy atom. The molecule has 0 bridgehead atoms. The first-order valence-corrected chi connectivity index (χ1v) is 7.80. The molecule has 1 N–H and O–H groups in total. The first-order valence-electron chi connectivity index (χ1n) is 7.80. The Hall–Kier alpha value is -1.63. The third-order valence-electron chi connectivity index (χ3n) is 3.88. The summed E-state index contributed by atoms with van der Waals surface area (Å²) in [6, 6.07) is -0.204. The van der Waals surface area contributed by atoms with Crippen LogP contribution in [-0.2, 0) is 4.74 Å². The fourth-order valence-corrected chi connectivity index (χ4v) is 2.93. The van der Waals surface area contributed by atoms with Crippen LogP contribution in [0, 0.1) is 12.8 Å². The number of aromatic nitrogens is 2. The molecular weight excluding hydrogens is 284 g/mol. The van der Waals surface area contributed by atoms with Crippen LogP contribution in [0.1, 0.15) is 51.4 Å². The average molecular weight is 310 g/mol. The molecule has 7 heteroatoms. The minimum Gasteiger partial charge on any atom is -0.380 e. The maximum absolute atomic E-state index is 12.6. The molecule has 1 saturated heterocycles. The van der Waals surface area contributed by atoms with Gasteiger partial charge in [0.15, 0.2) is 5.82 Å². The monoisotopic (exact) mass is 310 g/mol. The summed E-state index contributed by atoms with van der Waals surface area (Å²) in [7, 11) is 1.66. The second-order valence-electron chi connectivity index (χ2n) is 6.42. The number of ether oxygens (including phenoxy) is 1. The molecule has 22 heavy (non-hydrogen) atoms. The molecule has 0 radical (unpaired) electrons. The van der Waals surface area contributed by atoms with Crippen LogP contribution in [-0.4, -0.2) is 46.9 Å². The van der Waals surface area contributed by atoms with Gasteiger partial charge in [-0.3, -0.25) is 0 Å². The Kier molecular flexibility index (Phi) is 5.39. The Balaban J connectivity index is 2.07. The molecule has 7 nitrogen and oxygen atoms in total. The first-order chi connectivity index (χ1) is 10.4. The molecule has 0 saturated carbocycles. The Morgan fingerprint density at radius 3 is 2.77 bits per heavy atom. The minimum atomic E-state index is -0.225. The summed E-state index contributed by atoms with van der Waals surface area (Å²) in [6.45, 7) is 8.61. The fourth-order valence-electron chi connectivity index (χ4n) is 2.93. The predicted molar refractivity (Wildman–Crippen MR) is 81.3 cm³/mol. The van der Waals surface area contributed by atoms with Crippen molar-refractivity contribution >= 4 is 6.03 Å². The van der Waals surface area contributed by atoms with Gasteiger partial charge in [0, 0.05) is 26.1 Å². The van der Waals surface area contributed by atoms with Crippen LogP contribution < -0.4 is 5.32 Å². The minimum absolute atomic E-state index is 0.0108. The molecule has 1 aromatic rings. The number of nitrogens with zero attached hydrogens (tertiary/aromatic N) is 3. The van der Waals surface area contributed by atoms with Crippen LogP contribution in [0.15, 0.2) is 4.52 Å². The van der Waals surface area contributed by atoms with Crippen molar-refractivity contribution in [1.82, 2.24) is 20.4 Å². The van der Waals surface area contributed by atoms with E-state index in [9.17, 15) is 4.79 Å². The van der Waals surface area contributed by atoms with Crippen molar-refractivity contribution in [3.05, 3.63) is 11.7 Å². The van der Waals surface area contributed by atoms with E-state index in [1.807, 2.05) is 6.92 Å². The number of aryl methyl sites for hydroxylation is 1. The topological polar surface area (TPSA) is 80.5 Å². The van der Waals surface area contributed by atoms with Crippen molar-refractivity contribution in [3.8, 4) is 0 Å². The molecule has 0 aromatic carbocycles. The number of nitrogens with one attached hydrogen (secondary N) is 1. The molecule has 1 aromatic heterocycles. The number of hydrogen-bond donors (Lipinski definition) is 1. The van der Waals surface area contributed by atoms with E-state index in [2.05, 4.69) is 29.3 Å². The van der Waals surface area contributed by atoms with Gasteiger partial charge < -0.3 is 19.5 Å². The van der Waals surface area contributed by atoms with Crippen LogP contribution in [0.5, 0.6) is 0 Å². The van der Waals surface area contributed by atoms with Gasteiger partial charge in [0.05, 0.1) is 6.10 Å². The summed E-state index contributed by atoms with van der Waals surface area (Å²) >= 11 is 0. The van der Waals surface area contributed by atoms with E-state index >= 15 is 0 Å². The lowest BCUT2D eigenvalue weighted by atomic mass is 10.1. The molecule has 1 aliphatic heterocycles. The first kappa shape index (κ1) is 16.7. The number of carbonyl (C=O) groups excluding carboxylic acids is 1. The summed E-state index contributed by atoms with van der Waals surface area (Å²) < 4.78 is 10.7. The zero-order valence-electron chi connectivity index (χ0n) is 14.0. The Morgan fingerprint density at radius 2 is 2.23 bits per heavy atom. The second kappa shape index (κ2) is 7.09. The molecule has 2 heterocycles. The molecule has 0 spiro atoms. The number of methoxy groups -OCH3 is 1. The van der Waals surface area contributed by atoms with E-state index in [4.69, 9.17) is 9.26 Å². The van der Waals surface area contributed by atoms with Gasteiger partial charge in [-0.2, -0.15) is 4.98 Å². The lowest BCUT2D eigenvalue weighted by Gasteiger charge is -2.25. The zero-order valence-corrected chi connectivity index (χ0v) is 14.0. The second-order valence-corrected chi connectivity index (χ2v) is 6.42. The van der Waals surface area contributed by atoms with E-state index in [-0.39, 0.29) is 24.2 Å². The van der Waals surface area contributed by atoms with Gasteiger partial charge in [-0.15, -0.1) is 0 Å². The molecule has 1 fully saturated rings. The highest BCUT2D eigenvalue weighted by Crippen LogP contribution is 2.32. The van der Waals surface area contributed by atoms with E-state index in [1.165, 1.54) is 0 Å². The van der Waals surface area contributed by atoms with Crippen LogP contribution in [0.25, 0.3) is 0 Å². The maximum atomic E-state index is 12.6. The lowest BCUT2D eigenvalue weighted by molar-refractivity contribution is 0.110. The average Bonchev–Trinajstić information content (AvgIpc) is 3.03. The van der Waals surface area contributed by atoms with Crippen LogP contribution in [0.3, 0.4) is 0 Å². The molecule has 0 aliphatic carbocycles. The smallest absolute Gasteiger partial charge is 0.318 e. The largest absolute Gasteiger partial charge is 0.380 e. The highest BCUT2D eigenvalue weighted by Gasteiger charge is 2.39. The number of urea groups is 1. The van der Waals surface area contributed by atoms with Crippen molar-refractivity contribution in [2.45, 2.75) is 58.7 Å². The quantitative estimate of drug-likeness (QED) is 0.902. The third-order valence-corrected chi connectivity index (χ3v) is 3.88. The van der Waals surface area contributed by atoms with Crippen molar-refractivity contribution in [3.63, 3.8) is 0 Å². The van der Waals surface area contributed by atoms with Crippen LogP contribution in [0.4, 0.5) is 4.79 Å². The lowest BCUT2D eigenvalue weighted by Crippen LogP contribution is -2.44. The van der Waals surface area contributed by atoms with E-state index in [0.717, 1.165) is 6.42 Å². The van der Waals surface area contributed by atoms with Gasteiger partial charge in [-0.05, 0) is 26.2 Å². The van der Waals surface area contributed by atoms with E-state index < -0.39 is 0 Å². The fraction of sp³-hybridized carbons (Fsp3) is 0.800. The summed E-state index contributed by atoms with van der Waals surface area (Å²) in [4.78, 5) is 18.6. The molecule has 2 rings (SSSR count). The van der Waals surface area contributed by atoms with Crippen LogP contribution in [0.2, 0.25) is 0 Å². The number of carbonyl (C=O) groups is 1. The normalized spacial score (nSPS) is 23.1. The third kappa shape index (κ3) is 3.97. The molecule has 3 atom stereocenters. The maximum Gasteiger partial charge on any atom is 0.318 e. The molecule has 1 aliphatic rings. The number of hydrogen-bond acceptors (Lipinski definition) is 5. The van der Waals surface area contributed by atoms with Crippen molar-refractivity contribution in [2.75, 3.05) is 13.7 Å². The highest BCUT2D eigenvalue weighted by molar-refractivity contribution is 5.75. The Labute approximate surface area is 131 Å². The standard InChI is InChI=1S/C15H26N4O3/c1-9(2)6-10(3)16-15(20)19-8-12(21-5)7-13(19)14-17-11(4)18-22-14/h9-10,12-13H,6-8H2,1-5H3,(H,16,20)/t10-,12+,13-/m1/s1. The van der Waals surface area contributed by atoms with Crippen molar-refractivity contribution in [2.24, 2.45) is 5.92 Å². The predicted octanol–water partition coefficient (Wildman–Crippen LogP) is 2.28. The summed E-state index contributed by atoms with van der Waals surface area (Å²) in [5, 5.41) is 6.87. The summed E-state index contributed by atoms with van der Waals surface area (Å²) in [5.41, 5.74) is 0. The van der Waals surface area contributed by atoms with Gasteiger partial charge in [0.25, 0.3) is 0 Å². The summed E-state index contributed by atoms with van der Waals surface area (Å²) in [6.07, 6.45) is 1.60. The highest BCUT2D eigenvalue weighted by atomic mass is 16.5. The van der Waals surface area contributed by atoms with Gasteiger partial charge in [0.2, 0.25) is 5.89 Å². The van der Waals surface area contributed by atoms with E-state index in [1.54, 1.807) is 18.9 Å². The van der Waals surface area contributed by atoms with Gasteiger partial charge in [-0.1, -0.05) is 19.0 Å². The van der Waals surface area contributed by atoms with Crippen LogP contribution >= 0.6 is 0 Å². The SMILES string of the molecule is CO[C@H]1C[C@H](c2nc(C)no2)N(C(=O)N[C@H](C)CC(C)C)C1. The van der Waals surface area contributed by atoms with Gasteiger partial charge in [0.1, 0.15) is 6.04 Å². The zero-order chi connectivity index (χ0) is 16.3. The summed E-state index contributed by atoms with van der Waals surface area (Å²) in [5.74, 6) is 1.59. The van der Waals surface area contributed by atoms with Crippen molar-refractivity contribution in [1.29, 1.82) is 0 Å². The van der Waals surface area contributed by atoms with Gasteiger partial charge in [-0.25, -0.2) is 4.79 Å². The van der Waals surface area contributed by atoms with Crippen molar-refractivity contribution < 1.29 is 14.1 Å². The number of rotatable bonds is 5. The molecular formula is C15H26N4O3. The number of amides is 2. The van der Waals surface area contributed by atoms with E-state index in [0.29, 0.717) is 30.6 Å². The molecule has 2 amide bonds. The van der Waals surface area contributed by atoms with Gasteiger partial charge >= 0.3 is 6.03 Å². The Bertz CT molecular complexity index is 503. The number of likely N-dealkylation sites (tertiary alicyclic amines) is 1. The molecule has 124 valence electrons.